The van der Waals surface area contributed by atoms with Crippen molar-refractivity contribution in [2.75, 3.05) is 13.1 Å². The maximum Gasteiger partial charge on any atom is 0.490 e. The van der Waals surface area contributed by atoms with Gasteiger partial charge < -0.3 is 15.7 Å². The highest BCUT2D eigenvalue weighted by Gasteiger charge is 2.38. The molecule has 1 aromatic carbocycles. The number of carbonyl (C=O) groups is 2. The zero-order valence-electron chi connectivity index (χ0n) is 15.3. The lowest BCUT2D eigenvalue weighted by Gasteiger charge is -2.34. The normalized spacial score (nSPS) is 15.8. The van der Waals surface area contributed by atoms with Gasteiger partial charge in [0.1, 0.15) is 0 Å². The van der Waals surface area contributed by atoms with Crippen LogP contribution in [0.25, 0.3) is 5.69 Å². The summed E-state index contributed by atoms with van der Waals surface area (Å²) >= 11 is 3.42. The molecule has 1 aliphatic heterocycles. The predicted molar refractivity (Wildman–Crippen MR) is 101 cm³/mol. The van der Waals surface area contributed by atoms with E-state index in [0.717, 1.165) is 36.1 Å². The molecule has 1 fully saturated rings. The average molecular weight is 478 g/mol. The Morgan fingerprint density at radius 1 is 1.31 bits per heavy atom. The summed E-state index contributed by atoms with van der Waals surface area (Å²) in [6.07, 6.45) is -1.60. The van der Waals surface area contributed by atoms with Gasteiger partial charge in [0.15, 0.2) is 5.69 Å². The van der Waals surface area contributed by atoms with Crippen LogP contribution in [-0.4, -0.2) is 56.8 Å². The Labute approximate surface area is 172 Å². The van der Waals surface area contributed by atoms with Crippen LogP contribution in [-0.2, 0) is 4.79 Å². The second-order valence-electron chi connectivity index (χ2n) is 6.60. The van der Waals surface area contributed by atoms with Crippen LogP contribution in [0.2, 0.25) is 0 Å². The molecule has 3 rings (SSSR count). The lowest BCUT2D eigenvalue weighted by atomic mass is 9.90. The number of carboxylic acid groups (broad SMARTS) is 1. The Bertz CT molecular complexity index is 866. The van der Waals surface area contributed by atoms with Crippen LogP contribution in [0.3, 0.4) is 0 Å². The molecule has 0 radical (unpaired) electrons. The van der Waals surface area contributed by atoms with Gasteiger partial charge in [0, 0.05) is 10.0 Å². The predicted octanol–water partition coefficient (Wildman–Crippen LogP) is 2.54. The zero-order chi connectivity index (χ0) is 21.7. The highest BCUT2D eigenvalue weighted by atomic mass is 79.9. The quantitative estimate of drug-likeness (QED) is 0.626. The van der Waals surface area contributed by atoms with Crippen molar-refractivity contribution in [1.82, 2.24) is 25.6 Å². The molecule has 158 valence electrons. The molecule has 29 heavy (non-hydrogen) atoms. The summed E-state index contributed by atoms with van der Waals surface area (Å²) in [4.78, 5) is 21.3. The van der Waals surface area contributed by atoms with E-state index in [1.165, 1.54) is 0 Å². The van der Waals surface area contributed by atoms with E-state index in [9.17, 15) is 18.0 Å². The second-order valence-corrected chi connectivity index (χ2v) is 7.51. The Balaban J connectivity index is 0.000000370. The first kappa shape index (κ1) is 22.8. The first-order chi connectivity index (χ1) is 13.5. The maximum absolute atomic E-state index is 12.4. The first-order valence-corrected chi connectivity index (χ1v) is 9.31. The van der Waals surface area contributed by atoms with Gasteiger partial charge in [-0.05, 0) is 51.1 Å². The second kappa shape index (κ2) is 9.35. The van der Waals surface area contributed by atoms with Crippen LogP contribution in [0.5, 0.6) is 0 Å². The highest BCUT2D eigenvalue weighted by molar-refractivity contribution is 9.10. The number of benzene rings is 1. The summed E-state index contributed by atoms with van der Waals surface area (Å²) in [7, 11) is 0. The van der Waals surface area contributed by atoms with E-state index >= 15 is 0 Å². The largest absolute Gasteiger partial charge is 0.490 e. The van der Waals surface area contributed by atoms with E-state index in [2.05, 4.69) is 43.8 Å². The topological polar surface area (TPSA) is 109 Å². The molecule has 0 unspecified atom stereocenters. The van der Waals surface area contributed by atoms with Gasteiger partial charge >= 0.3 is 12.1 Å². The van der Waals surface area contributed by atoms with Gasteiger partial charge in [0.25, 0.3) is 5.91 Å². The summed E-state index contributed by atoms with van der Waals surface area (Å²) in [6, 6.07) is 7.68. The SMILES string of the molecule is CC1(NC(=O)c2cn(-c3cccc(Br)c3)nn2)CCNCC1.O=C(O)C(F)(F)F. The van der Waals surface area contributed by atoms with Crippen LogP contribution < -0.4 is 10.6 Å². The highest BCUT2D eigenvalue weighted by Crippen LogP contribution is 2.18. The molecule has 3 N–H and O–H groups in total. The molecule has 2 aromatic rings. The minimum absolute atomic E-state index is 0.175. The van der Waals surface area contributed by atoms with E-state index in [0.29, 0.717) is 5.69 Å². The van der Waals surface area contributed by atoms with Crippen molar-refractivity contribution in [3.63, 3.8) is 0 Å². The third-order valence-electron chi connectivity index (χ3n) is 4.16. The van der Waals surface area contributed by atoms with Crippen molar-refractivity contribution in [1.29, 1.82) is 0 Å². The first-order valence-electron chi connectivity index (χ1n) is 8.52. The number of rotatable bonds is 3. The summed E-state index contributed by atoms with van der Waals surface area (Å²) in [6.45, 7) is 3.91. The number of nitrogens with zero attached hydrogens (tertiary/aromatic N) is 3. The van der Waals surface area contributed by atoms with Gasteiger partial charge in [-0.1, -0.05) is 27.2 Å². The standard InChI is InChI=1S/C15H18BrN5O.C2HF3O2/c1-15(5-7-17-8-6-15)18-14(22)13-10-21(20-19-13)12-4-2-3-11(16)9-12;3-2(4,5)1(6)7/h2-4,9-10,17H,5-8H2,1H3,(H,18,22);(H,6,7). The van der Waals surface area contributed by atoms with Gasteiger partial charge in [-0.2, -0.15) is 13.2 Å². The molecule has 0 spiro atoms. The third-order valence-corrected chi connectivity index (χ3v) is 4.66. The molecule has 1 amide bonds. The van der Waals surface area contributed by atoms with Crippen LogP contribution in [0.1, 0.15) is 30.3 Å². The summed E-state index contributed by atoms with van der Waals surface area (Å²) in [5.74, 6) is -2.93. The van der Waals surface area contributed by atoms with E-state index in [4.69, 9.17) is 9.90 Å². The number of hydrogen-bond donors (Lipinski definition) is 3. The summed E-state index contributed by atoms with van der Waals surface area (Å²) < 4.78 is 34.3. The number of aliphatic carboxylic acids is 1. The number of piperidine rings is 1. The molecule has 0 atom stereocenters. The number of hydrogen-bond acceptors (Lipinski definition) is 5. The molecule has 1 aromatic heterocycles. The summed E-state index contributed by atoms with van der Waals surface area (Å²) in [5.41, 5.74) is 1.01. The molecule has 8 nitrogen and oxygen atoms in total. The number of carboxylic acids is 1. The smallest absolute Gasteiger partial charge is 0.475 e. The van der Waals surface area contributed by atoms with Gasteiger partial charge in [-0.25, -0.2) is 9.48 Å². The lowest BCUT2D eigenvalue weighted by molar-refractivity contribution is -0.192. The zero-order valence-corrected chi connectivity index (χ0v) is 16.9. The molecule has 1 saturated heterocycles. The Morgan fingerprint density at radius 2 is 1.93 bits per heavy atom. The number of alkyl halides is 3. The Morgan fingerprint density at radius 3 is 2.48 bits per heavy atom. The van der Waals surface area contributed by atoms with E-state index in [1.54, 1.807) is 10.9 Å². The molecule has 2 heterocycles. The lowest BCUT2D eigenvalue weighted by Crippen LogP contribution is -2.52. The molecule has 0 aliphatic carbocycles. The molecular weight excluding hydrogens is 459 g/mol. The van der Waals surface area contributed by atoms with Crippen LogP contribution in [0.4, 0.5) is 13.2 Å². The van der Waals surface area contributed by atoms with Crippen molar-refractivity contribution in [2.24, 2.45) is 0 Å². The number of amides is 1. The number of aromatic nitrogens is 3. The average Bonchev–Trinajstić information content (AvgIpc) is 3.12. The number of halogens is 4. The minimum Gasteiger partial charge on any atom is -0.475 e. The molecule has 0 bridgehead atoms. The van der Waals surface area contributed by atoms with Crippen molar-refractivity contribution >= 4 is 27.8 Å². The maximum atomic E-state index is 12.4. The van der Waals surface area contributed by atoms with Crippen molar-refractivity contribution < 1.29 is 27.9 Å². The fourth-order valence-corrected chi connectivity index (χ4v) is 2.94. The van der Waals surface area contributed by atoms with Crippen LogP contribution in [0.15, 0.2) is 34.9 Å². The number of nitrogens with one attached hydrogen (secondary N) is 2. The van der Waals surface area contributed by atoms with Crippen LogP contribution in [0, 0.1) is 0 Å². The van der Waals surface area contributed by atoms with Crippen molar-refractivity contribution in [3.8, 4) is 5.69 Å². The molecule has 0 saturated carbocycles. The Hall–Kier alpha value is -2.47. The Kier molecular flexibility index (Phi) is 7.36. The van der Waals surface area contributed by atoms with Gasteiger partial charge in [0.2, 0.25) is 0 Å². The monoisotopic (exact) mass is 477 g/mol. The number of carbonyl (C=O) groups excluding carboxylic acids is 1. The fraction of sp³-hybridized carbons (Fsp3) is 0.412. The molecule has 12 heteroatoms. The van der Waals surface area contributed by atoms with Crippen LogP contribution >= 0.6 is 15.9 Å². The van der Waals surface area contributed by atoms with Crippen molar-refractivity contribution in [3.05, 3.63) is 40.6 Å². The van der Waals surface area contributed by atoms with Gasteiger partial charge in [-0.3, -0.25) is 4.79 Å². The minimum atomic E-state index is -5.08. The van der Waals surface area contributed by atoms with E-state index in [-0.39, 0.29) is 11.4 Å². The van der Waals surface area contributed by atoms with Crippen molar-refractivity contribution in [2.45, 2.75) is 31.5 Å². The molecular formula is C17H19BrF3N5O3. The van der Waals surface area contributed by atoms with E-state index in [1.807, 2.05) is 24.3 Å². The van der Waals surface area contributed by atoms with Gasteiger partial charge in [-0.15, -0.1) is 5.10 Å². The molecule has 1 aliphatic rings. The van der Waals surface area contributed by atoms with E-state index < -0.39 is 12.1 Å². The third kappa shape index (κ3) is 6.82. The fourth-order valence-electron chi connectivity index (χ4n) is 2.55. The van der Waals surface area contributed by atoms with Gasteiger partial charge in [0.05, 0.1) is 11.9 Å². The summed E-state index contributed by atoms with van der Waals surface area (Å²) in [5, 5.41) is 21.5.